The average Bonchev–Trinajstić information content (AvgIpc) is 2.25. The second-order valence-corrected chi connectivity index (χ2v) is 5.74. The van der Waals surface area contributed by atoms with E-state index in [1.165, 1.54) is 0 Å². The summed E-state index contributed by atoms with van der Waals surface area (Å²) in [5, 5.41) is 2.78. The molecule has 1 rings (SSSR count). The van der Waals surface area contributed by atoms with Crippen molar-refractivity contribution in [1.29, 1.82) is 0 Å². The van der Waals surface area contributed by atoms with Crippen LogP contribution in [-0.4, -0.2) is 22.7 Å². The molecule has 0 radical (unpaired) electrons. The van der Waals surface area contributed by atoms with Crippen LogP contribution < -0.4 is 11.1 Å². The average molecular weight is 277 g/mol. The van der Waals surface area contributed by atoms with Gasteiger partial charge in [0.25, 0.3) is 0 Å². The largest absolute Gasteiger partial charge is 0.444 e. The number of hydrogen-bond donors (Lipinski definition) is 2. The maximum atomic E-state index is 11.6. The molecular weight excluding hydrogens is 254 g/mol. The van der Waals surface area contributed by atoms with E-state index in [0.717, 1.165) is 5.56 Å². The molecule has 5 nitrogen and oxygen atoms in total. The van der Waals surface area contributed by atoms with Crippen LogP contribution in [0.1, 0.15) is 39.7 Å². The smallest absolute Gasteiger partial charge is 0.407 e. The Morgan fingerprint density at radius 3 is 2.80 bits per heavy atom. The first kappa shape index (κ1) is 16.0. The molecule has 20 heavy (non-hydrogen) atoms. The molecule has 0 aromatic carbocycles. The molecule has 1 aromatic rings. The summed E-state index contributed by atoms with van der Waals surface area (Å²) in [6.07, 6.45) is 7.54. The van der Waals surface area contributed by atoms with Gasteiger partial charge in [0.2, 0.25) is 0 Å². The lowest BCUT2D eigenvalue weighted by Gasteiger charge is -2.21. The lowest BCUT2D eigenvalue weighted by molar-refractivity contribution is 0.0509. The number of nitrogens with zero attached hydrogens (tertiary/aromatic N) is 1. The van der Waals surface area contributed by atoms with Gasteiger partial charge in [-0.3, -0.25) is 4.98 Å². The Bertz CT molecular complexity index is 478. The number of pyridine rings is 1. The predicted octanol–water partition coefficient (Wildman–Crippen LogP) is 2.98. The topological polar surface area (TPSA) is 77.2 Å². The van der Waals surface area contributed by atoms with Crippen molar-refractivity contribution in [2.45, 2.75) is 45.8 Å². The van der Waals surface area contributed by atoms with Crippen LogP contribution in [0.4, 0.5) is 10.5 Å². The van der Waals surface area contributed by atoms with E-state index in [1.54, 1.807) is 12.4 Å². The van der Waals surface area contributed by atoms with E-state index in [4.69, 9.17) is 10.5 Å². The van der Waals surface area contributed by atoms with Crippen molar-refractivity contribution in [3.8, 4) is 0 Å². The molecule has 0 aliphatic heterocycles. The number of rotatable bonds is 4. The van der Waals surface area contributed by atoms with Gasteiger partial charge in [0, 0.05) is 18.4 Å². The highest BCUT2D eigenvalue weighted by Gasteiger charge is 2.16. The number of amides is 1. The molecule has 0 aliphatic rings. The van der Waals surface area contributed by atoms with Gasteiger partial charge in [0.15, 0.2) is 0 Å². The van der Waals surface area contributed by atoms with Crippen LogP contribution in [0.3, 0.4) is 0 Å². The van der Waals surface area contributed by atoms with Gasteiger partial charge in [-0.25, -0.2) is 4.79 Å². The number of alkyl carbamates (subject to hydrolysis) is 1. The highest BCUT2D eigenvalue weighted by Crippen LogP contribution is 2.08. The Balaban J connectivity index is 2.40. The molecule has 1 amide bonds. The number of aromatic nitrogens is 1. The zero-order valence-electron chi connectivity index (χ0n) is 12.5. The van der Waals surface area contributed by atoms with E-state index in [0.29, 0.717) is 12.1 Å². The first-order valence-corrected chi connectivity index (χ1v) is 6.63. The number of ether oxygens (including phenoxy) is 1. The summed E-state index contributed by atoms with van der Waals surface area (Å²) in [7, 11) is 0. The quantitative estimate of drug-likeness (QED) is 0.887. The van der Waals surface area contributed by atoms with E-state index in [9.17, 15) is 4.79 Å². The van der Waals surface area contributed by atoms with Crippen LogP contribution in [-0.2, 0) is 4.74 Å². The summed E-state index contributed by atoms with van der Waals surface area (Å²) in [6.45, 7) is 7.43. The third kappa shape index (κ3) is 6.78. The van der Waals surface area contributed by atoms with Crippen LogP contribution in [0, 0.1) is 0 Å². The van der Waals surface area contributed by atoms with Gasteiger partial charge in [0.1, 0.15) is 5.60 Å². The number of nitrogen functional groups attached to an aromatic ring is 1. The van der Waals surface area contributed by atoms with Crippen molar-refractivity contribution < 1.29 is 9.53 Å². The summed E-state index contributed by atoms with van der Waals surface area (Å²) < 4.78 is 5.19. The summed E-state index contributed by atoms with van der Waals surface area (Å²) in [4.78, 5) is 15.6. The molecule has 0 fully saturated rings. The molecule has 1 atom stereocenters. The van der Waals surface area contributed by atoms with Crippen LogP contribution in [0.25, 0.3) is 6.08 Å². The van der Waals surface area contributed by atoms with Gasteiger partial charge in [-0.05, 0) is 45.7 Å². The number of nitrogens with two attached hydrogens (primary N) is 1. The first-order chi connectivity index (χ1) is 9.26. The normalized spacial score (nSPS) is 13.2. The van der Waals surface area contributed by atoms with Crippen molar-refractivity contribution in [3.63, 3.8) is 0 Å². The number of nitrogens with one attached hydrogen (secondary N) is 1. The zero-order valence-corrected chi connectivity index (χ0v) is 12.5. The van der Waals surface area contributed by atoms with Crippen LogP contribution >= 0.6 is 0 Å². The van der Waals surface area contributed by atoms with Crippen molar-refractivity contribution in [1.82, 2.24) is 10.3 Å². The Hall–Kier alpha value is -2.04. The molecule has 0 saturated carbocycles. The van der Waals surface area contributed by atoms with E-state index < -0.39 is 11.7 Å². The van der Waals surface area contributed by atoms with Gasteiger partial charge in [-0.1, -0.05) is 12.2 Å². The van der Waals surface area contributed by atoms with E-state index in [1.807, 2.05) is 45.9 Å². The zero-order chi connectivity index (χ0) is 15.2. The molecule has 5 heteroatoms. The van der Waals surface area contributed by atoms with Crippen molar-refractivity contribution >= 4 is 17.9 Å². The highest BCUT2D eigenvalue weighted by molar-refractivity contribution is 5.68. The Morgan fingerprint density at radius 1 is 1.50 bits per heavy atom. The minimum atomic E-state index is -0.479. The van der Waals surface area contributed by atoms with Crippen LogP contribution in [0.15, 0.2) is 24.5 Å². The van der Waals surface area contributed by atoms with Gasteiger partial charge >= 0.3 is 6.09 Å². The number of hydrogen-bond acceptors (Lipinski definition) is 4. The maximum Gasteiger partial charge on any atom is 0.407 e. The monoisotopic (exact) mass is 277 g/mol. The summed E-state index contributed by atoms with van der Waals surface area (Å²) >= 11 is 0. The number of anilines is 1. The maximum absolute atomic E-state index is 11.6. The van der Waals surface area contributed by atoms with Gasteiger partial charge in [-0.15, -0.1) is 0 Å². The SMILES string of the molecule is C[C@@H](C/C=C/c1cncc(N)c1)NC(=O)OC(C)(C)C. The second kappa shape index (κ2) is 6.93. The fourth-order valence-corrected chi connectivity index (χ4v) is 1.54. The Morgan fingerprint density at radius 2 is 2.20 bits per heavy atom. The van der Waals surface area contributed by atoms with Gasteiger partial charge in [0.05, 0.1) is 5.69 Å². The standard InChI is InChI=1S/C15H23N3O2/c1-11(18-14(19)20-15(2,3)4)6-5-7-12-8-13(16)10-17-9-12/h5,7-11H,6,16H2,1-4H3,(H,18,19)/b7-5+/t11-/m0/s1. The van der Waals surface area contributed by atoms with Crippen molar-refractivity contribution in [3.05, 3.63) is 30.1 Å². The fourth-order valence-electron chi connectivity index (χ4n) is 1.54. The summed E-state index contributed by atoms with van der Waals surface area (Å²) in [5.74, 6) is 0. The molecule has 1 heterocycles. The van der Waals surface area contributed by atoms with Crippen molar-refractivity contribution in [2.75, 3.05) is 5.73 Å². The molecule has 0 unspecified atom stereocenters. The summed E-state index contributed by atoms with van der Waals surface area (Å²) in [6, 6.07) is 1.84. The Labute approximate surface area is 120 Å². The molecular formula is C15H23N3O2. The van der Waals surface area contributed by atoms with Gasteiger partial charge < -0.3 is 15.8 Å². The third-order valence-electron chi connectivity index (χ3n) is 2.34. The molecule has 0 spiro atoms. The van der Waals surface area contributed by atoms with Crippen LogP contribution in [0.5, 0.6) is 0 Å². The molecule has 110 valence electrons. The van der Waals surface area contributed by atoms with E-state index in [2.05, 4.69) is 10.3 Å². The molecule has 3 N–H and O–H groups in total. The minimum Gasteiger partial charge on any atom is -0.444 e. The number of carbonyl (C=O) groups excluding carboxylic acids is 1. The molecule has 0 aliphatic carbocycles. The minimum absolute atomic E-state index is 0.00452. The molecule has 0 bridgehead atoms. The van der Waals surface area contributed by atoms with E-state index in [-0.39, 0.29) is 6.04 Å². The van der Waals surface area contributed by atoms with Crippen LogP contribution in [0.2, 0.25) is 0 Å². The highest BCUT2D eigenvalue weighted by atomic mass is 16.6. The lowest BCUT2D eigenvalue weighted by atomic mass is 10.2. The summed E-state index contributed by atoms with van der Waals surface area (Å²) in [5.41, 5.74) is 6.74. The first-order valence-electron chi connectivity index (χ1n) is 6.63. The van der Waals surface area contributed by atoms with Crippen molar-refractivity contribution in [2.24, 2.45) is 0 Å². The molecule has 1 aromatic heterocycles. The third-order valence-corrected chi connectivity index (χ3v) is 2.34. The number of carbonyl (C=O) groups is 1. The predicted molar refractivity (Wildman–Crippen MR) is 81.1 cm³/mol. The Kier molecular flexibility index (Phi) is 5.55. The second-order valence-electron chi connectivity index (χ2n) is 5.74. The van der Waals surface area contributed by atoms with E-state index >= 15 is 0 Å². The fraction of sp³-hybridized carbons (Fsp3) is 0.467. The molecule has 0 saturated heterocycles. The van der Waals surface area contributed by atoms with Gasteiger partial charge in [-0.2, -0.15) is 0 Å². The lowest BCUT2D eigenvalue weighted by Crippen LogP contribution is -2.37.